The molecule has 0 spiro atoms. The Morgan fingerprint density at radius 1 is 1.08 bits per heavy atom. The summed E-state index contributed by atoms with van der Waals surface area (Å²) in [5, 5.41) is 9.91. The predicted octanol–water partition coefficient (Wildman–Crippen LogP) is 5.39. The lowest BCUT2D eigenvalue weighted by molar-refractivity contribution is 0.315. The molecule has 26 heavy (non-hydrogen) atoms. The maximum atomic E-state index is 10.9. The average Bonchev–Trinajstić information content (AvgIpc) is 2.51. The third kappa shape index (κ3) is 5.99. The molecule has 142 valence electrons. The Balaban J connectivity index is 2.18. The fraction of sp³-hybridized carbons (Fsp3) is 0.294. The molecular formula is C17H19Br2O6P. The molecule has 0 aliphatic heterocycles. The van der Waals surface area contributed by atoms with E-state index < -0.39 is 7.60 Å². The molecule has 0 unspecified atom stereocenters. The van der Waals surface area contributed by atoms with E-state index in [1.807, 2.05) is 13.8 Å². The lowest BCUT2D eigenvalue weighted by atomic mass is 10.0. The van der Waals surface area contributed by atoms with Crippen LogP contribution >= 0.6 is 39.5 Å². The molecule has 3 N–H and O–H groups in total. The van der Waals surface area contributed by atoms with Crippen molar-refractivity contribution >= 4 is 39.5 Å². The van der Waals surface area contributed by atoms with Crippen LogP contribution in [0.2, 0.25) is 0 Å². The molecular weight excluding hydrogens is 491 g/mol. The maximum absolute atomic E-state index is 10.9. The lowest BCUT2D eigenvalue weighted by Crippen LogP contribution is -2.03. The second-order valence-corrected chi connectivity index (χ2v) is 9.42. The Kier molecular flexibility index (Phi) is 7.16. The van der Waals surface area contributed by atoms with E-state index in [1.54, 1.807) is 30.3 Å². The van der Waals surface area contributed by atoms with Crippen LogP contribution in [-0.2, 0) is 4.57 Å². The monoisotopic (exact) mass is 508 g/mol. The first-order valence-corrected chi connectivity index (χ1v) is 11.1. The van der Waals surface area contributed by atoms with Crippen molar-refractivity contribution in [3.05, 3.63) is 44.8 Å². The van der Waals surface area contributed by atoms with Crippen LogP contribution < -0.4 is 9.47 Å². The number of phenolic OH excluding ortho intramolecular Hbond substituents is 1. The summed E-state index contributed by atoms with van der Waals surface area (Å²) in [5.74, 6) is 1.91. The Hall–Kier alpha value is -1.05. The van der Waals surface area contributed by atoms with Gasteiger partial charge in [0, 0.05) is 5.56 Å². The van der Waals surface area contributed by atoms with Gasteiger partial charge in [-0.3, -0.25) is 4.57 Å². The second kappa shape index (κ2) is 8.76. The van der Waals surface area contributed by atoms with E-state index in [0.29, 0.717) is 26.2 Å². The number of halogens is 2. The summed E-state index contributed by atoms with van der Waals surface area (Å²) in [5.41, 5.74) is 0.784. The van der Waals surface area contributed by atoms with E-state index in [-0.39, 0.29) is 24.4 Å². The summed E-state index contributed by atoms with van der Waals surface area (Å²) in [6.07, 6.45) is -0.355. The largest absolute Gasteiger partial charge is 0.508 e. The van der Waals surface area contributed by atoms with Crippen molar-refractivity contribution < 1.29 is 28.9 Å². The fourth-order valence-electron chi connectivity index (χ4n) is 2.18. The van der Waals surface area contributed by atoms with E-state index in [2.05, 4.69) is 31.9 Å². The van der Waals surface area contributed by atoms with Gasteiger partial charge in [0.05, 0.1) is 21.7 Å². The third-order valence-corrected chi connectivity index (χ3v) is 5.41. The minimum atomic E-state index is -4.09. The highest BCUT2D eigenvalue weighted by Gasteiger charge is 2.15. The number of aromatic hydroxyl groups is 1. The molecule has 9 heteroatoms. The maximum Gasteiger partial charge on any atom is 0.328 e. The lowest BCUT2D eigenvalue weighted by Gasteiger charge is -2.15. The van der Waals surface area contributed by atoms with Crippen LogP contribution in [0.15, 0.2) is 39.3 Å². The number of phenols is 1. The molecule has 0 heterocycles. The summed E-state index contributed by atoms with van der Waals surface area (Å²) in [4.78, 5) is 17.7. The third-order valence-electron chi connectivity index (χ3n) is 3.46. The molecule has 6 nitrogen and oxygen atoms in total. The van der Waals surface area contributed by atoms with Gasteiger partial charge in [-0.2, -0.15) is 0 Å². The van der Waals surface area contributed by atoms with Crippen LogP contribution in [0, 0.1) is 0 Å². The van der Waals surface area contributed by atoms with Gasteiger partial charge in [0.2, 0.25) is 0 Å². The topological polar surface area (TPSA) is 96.2 Å². The molecule has 0 aliphatic carbocycles. The van der Waals surface area contributed by atoms with Crippen molar-refractivity contribution in [3.8, 4) is 23.0 Å². The first kappa shape index (κ1) is 21.3. The molecule has 2 aromatic carbocycles. The van der Waals surface area contributed by atoms with Crippen molar-refractivity contribution in [2.24, 2.45) is 0 Å². The van der Waals surface area contributed by atoms with Crippen LogP contribution in [0.25, 0.3) is 0 Å². The van der Waals surface area contributed by atoms with Crippen molar-refractivity contribution in [1.82, 2.24) is 0 Å². The van der Waals surface area contributed by atoms with Gasteiger partial charge in [0.1, 0.15) is 17.2 Å². The van der Waals surface area contributed by atoms with Gasteiger partial charge < -0.3 is 24.4 Å². The Bertz CT molecular complexity index is 811. The number of hydrogen-bond acceptors (Lipinski definition) is 4. The first-order valence-electron chi connectivity index (χ1n) is 7.74. The van der Waals surface area contributed by atoms with Crippen LogP contribution in [0.5, 0.6) is 23.0 Å². The molecule has 0 fully saturated rings. The van der Waals surface area contributed by atoms with E-state index in [9.17, 15) is 9.67 Å². The molecule has 2 rings (SSSR count). The minimum Gasteiger partial charge on any atom is -0.508 e. The second-order valence-electron chi connectivity index (χ2n) is 5.93. The zero-order chi connectivity index (χ0) is 19.5. The quantitative estimate of drug-likeness (QED) is 0.433. The minimum absolute atomic E-state index is 0.0981. The smallest absolute Gasteiger partial charge is 0.328 e. The molecule has 0 saturated carbocycles. The average molecular weight is 510 g/mol. The molecule has 2 aromatic rings. The first-order chi connectivity index (χ1) is 12.1. The molecule has 0 radical (unpaired) electrons. The Morgan fingerprint density at radius 2 is 1.69 bits per heavy atom. The van der Waals surface area contributed by atoms with E-state index in [1.165, 1.54) is 0 Å². The highest BCUT2D eigenvalue weighted by Crippen LogP contribution is 2.41. The number of ether oxygens (including phenoxy) is 2. The summed E-state index contributed by atoms with van der Waals surface area (Å²) in [6.45, 7) is 3.86. The van der Waals surface area contributed by atoms with Gasteiger partial charge in [0.15, 0.2) is 5.75 Å². The molecule has 0 aliphatic rings. The Labute approximate surface area is 168 Å². The normalized spacial score (nSPS) is 11.7. The van der Waals surface area contributed by atoms with Gasteiger partial charge in [-0.15, -0.1) is 0 Å². The number of hydrogen-bond donors (Lipinski definition) is 3. The van der Waals surface area contributed by atoms with Crippen molar-refractivity contribution in [3.63, 3.8) is 0 Å². The van der Waals surface area contributed by atoms with Crippen LogP contribution in [0.1, 0.15) is 25.3 Å². The van der Waals surface area contributed by atoms with Crippen LogP contribution in [0.4, 0.5) is 0 Å². The van der Waals surface area contributed by atoms with Crippen molar-refractivity contribution in [2.45, 2.75) is 19.8 Å². The Morgan fingerprint density at radius 3 is 2.23 bits per heavy atom. The molecule has 0 saturated heterocycles. The summed E-state index contributed by atoms with van der Waals surface area (Å²) in [6, 6.07) is 8.35. The summed E-state index contributed by atoms with van der Waals surface area (Å²) >= 11 is 6.82. The van der Waals surface area contributed by atoms with E-state index in [0.717, 1.165) is 5.56 Å². The van der Waals surface area contributed by atoms with Crippen LogP contribution in [0.3, 0.4) is 0 Å². The van der Waals surface area contributed by atoms with Gasteiger partial charge in [-0.25, -0.2) is 0 Å². The van der Waals surface area contributed by atoms with Crippen LogP contribution in [-0.4, -0.2) is 27.7 Å². The highest BCUT2D eigenvalue weighted by molar-refractivity contribution is 9.11. The number of benzene rings is 2. The van der Waals surface area contributed by atoms with Gasteiger partial charge in [-0.05, 0) is 68.1 Å². The fourth-order valence-corrected chi connectivity index (χ4v) is 3.81. The van der Waals surface area contributed by atoms with Gasteiger partial charge in [-0.1, -0.05) is 13.8 Å². The van der Waals surface area contributed by atoms with Crippen molar-refractivity contribution in [1.29, 1.82) is 0 Å². The zero-order valence-electron chi connectivity index (χ0n) is 14.1. The standard InChI is InChI=1S/C17H19Br2O6P/c1-10(2)13-7-11(3-4-16(13)20)25-17-14(18)8-12(9-15(17)19)24-5-6-26(21,22)23/h3-4,7-10,20H,5-6H2,1-2H3,(H2,21,22,23). The van der Waals surface area contributed by atoms with Gasteiger partial charge >= 0.3 is 7.60 Å². The van der Waals surface area contributed by atoms with E-state index in [4.69, 9.17) is 19.3 Å². The van der Waals surface area contributed by atoms with Crippen molar-refractivity contribution in [2.75, 3.05) is 12.8 Å². The SMILES string of the molecule is CC(C)c1cc(Oc2c(Br)cc(OCCP(=O)(O)O)cc2Br)ccc1O. The summed E-state index contributed by atoms with van der Waals surface area (Å²) in [7, 11) is -4.09. The number of rotatable bonds is 7. The summed E-state index contributed by atoms with van der Waals surface area (Å²) < 4.78 is 23.4. The zero-order valence-corrected chi connectivity index (χ0v) is 18.2. The van der Waals surface area contributed by atoms with Gasteiger partial charge in [0.25, 0.3) is 0 Å². The highest BCUT2D eigenvalue weighted by atomic mass is 79.9. The molecule has 0 bridgehead atoms. The van der Waals surface area contributed by atoms with E-state index >= 15 is 0 Å². The molecule has 0 aromatic heterocycles. The molecule has 0 atom stereocenters. The molecule has 0 amide bonds. The predicted molar refractivity (Wildman–Crippen MR) is 107 cm³/mol.